The number of anilines is 1. The van der Waals surface area contributed by atoms with Crippen LogP contribution in [0.5, 0.6) is 5.75 Å². The number of esters is 2. The van der Waals surface area contributed by atoms with Gasteiger partial charge in [0.05, 0.1) is 18.7 Å². The predicted molar refractivity (Wildman–Crippen MR) is 130 cm³/mol. The standard InChI is InChI=1S/C27H22BrNO4/c1-32-27(31)21-5-2-3-8-24(21)33-26(30)17-11-14-23-22(15-17)19-6-4-7-20(19)25(29-23)16-9-12-18(28)13-10-16/h2-6,8-15,19-20,25,29H,7H2,1H3/t19-,20+,25-/m0/s1. The third-order valence-corrected chi connectivity index (χ3v) is 6.85. The summed E-state index contributed by atoms with van der Waals surface area (Å²) in [6, 6.07) is 20.8. The molecule has 0 radical (unpaired) electrons. The molecule has 0 unspecified atom stereocenters. The fraction of sp³-hybridized carbons (Fsp3) is 0.185. The topological polar surface area (TPSA) is 64.6 Å². The monoisotopic (exact) mass is 503 g/mol. The molecule has 3 aromatic carbocycles. The van der Waals surface area contributed by atoms with Crippen molar-refractivity contribution in [2.45, 2.75) is 18.4 Å². The number of hydrogen-bond acceptors (Lipinski definition) is 5. The zero-order valence-electron chi connectivity index (χ0n) is 18.0. The second kappa shape index (κ2) is 8.87. The molecule has 0 amide bonds. The van der Waals surface area contributed by atoms with Crippen molar-refractivity contribution in [3.63, 3.8) is 0 Å². The van der Waals surface area contributed by atoms with Crippen LogP contribution in [-0.4, -0.2) is 19.0 Å². The van der Waals surface area contributed by atoms with Gasteiger partial charge in [0.25, 0.3) is 0 Å². The summed E-state index contributed by atoms with van der Waals surface area (Å²) in [6.07, 6.45) is 5.42. The van der Waals surface area contributed by atoms with Crippen LogP contribution in [0.15, 0.2) is 83.4 Å². The molecule has 0 saturated carbocycles. The number of allylic oxidation sites excluding steroid dienone is 2. The van der Waals surface area contributed by atoms with E-state index >= 15 is 0 Å². The molecule has 2 aliphatic rings. The van der Waals surface area contributed by atoms with Crippen molar-refractivity contribution in [2.24, 2.45) is 5.92 Å². The van der Waals surface area contributed by atoms with Crippen LogP contribution < -0.4 is 10.1 Å². The molecule has 33 heavy (non-hydrogen) atoms. The number of benzene rings is 3. The smallest absolute Gasteiger partial charge is 0.343 e. The van der Waals surface area contributed by atoms with Crippen molar-refractivity contribution in [3.05, 3.63) is 106 Å². The van der Waals surface area contributed by atoms with Crippen molar-refractivity contribution in [2.75, 3.05) is 12.4 Å². The van der Waals surface area contributed by atoms with Crippen LogP contribution in [0.25, 0.3) is 0 Å². The number of carbonyl (C=O) groups is 2. The van der Waals surface area contributed by atoms with Gasteiger partial charge in [0.2, 0.25) is 0 Å². The van der Waals surface area contributed by atoms with E-state index in [4.69, 9.17) is 9.47 Å². The first-order valence-corrected chi connectivity index (χ1v) is 11.6. The Morgan fingerprint density at radius 2 is 1.79 bits per heavy atom. The Balaban J connectivity index is 1.43. The first-order chi connectivity index (χ1) is 16.0. The fourth-order valence-electron chi connectivity index (χ4n) is 4.71. The van der Waals surface area contributed by atoms with Crippen LogP contribution in [0.3, 0.4) is 0 Å². The highest BCUT2D eigenvalue weighted by molar-refractivity contribution is 9.10. The second-order valence-corrected chi connectivity index (χ2v) is 9.12. The number of nitrogens with one attached hydrogen (secondary N) is 1. The molecule has 1 aliphatic heterocycles. The Morgan fingerprint density at radius 1 is 1.00 bits per heavy atom. The number of halogens is 1. The Hall–Kier alpha value is -3.38. The quantitative estimate of drug-likeness (QED) is 0.257. The lowest BCUT2D eigenvalue weighted by molar-refractivity contribution is 0.0593. The minimum atomic E-state index is -0.550. The second-order valence-electron chi connectivity index (χ2n) is 8.21. The molecule has 166 valence electrons. The molecule has 0 aromatic heterocycles. The van der Waals surface area contributed by atoms with E-state index < -0.39 is 11.9 Å². The lowest BCUT2D eigenvalue weighted by Gasteiger charge is -2.37. The number of methoxy groups -OCH3 is 1. The summed E-state index contributed by atoms with van der Waals surface area (Å²) in [5, 5.41) is 3.68. The molecule has 3 atom stereocenters. The van der Waals surface area contributed by atoms with Gasteiger partial charge >= 0.3 is 11.9 Å². The molecule has 5 rings (SSSR count). The van der Waals surface area contributed by atoms with Gasteiger partial charge in [-0.25, -0.2) is 9.59 Å². The average molecular weight is 504 g/mol. The Kier molecular flexibility index (Phi) is 5.77. The summed E-state index contributed by atoms with van der Waals surface area (Å²) in [7, 11) is 1.30. The van der Waals surface area contributed by atoms with Crippen LogP contribution in [-0.2, 0) is 4.74 Å². The fourth-order valence-corrected chi connectivity index (χ4v) is 4.98. The van der Waals surface area contributed by atoms with Gasteiger partial charge in [-0.15, -0.1) is 0 Å². The van der Waals surface area contributed by atoms with E-state index in [-0.39, 0.29) is 23.3 Å². The van der Waals surface area contributed by atoms with Crippen LogP contribution >= 0.6 is 15.9 Å². The van der Waals surface area contributed by atoms with Gasteiger partial charge in [0.1, 0.15) is 11.3 Å². The molecule has 0 bridgehead atoms. The van der Waals surface area contributed by atoms with E-state index in [9.17, 15) is 9.59 Å². The number of rotatable bonds is 4. The van der Waals surface area contributed by atoms with E-state index in [1.54, 1.807) is 30.3 Å². The Morgan fingerprint density at radius 3 is 2.58 bits per heavy atom. The molecule has 1 aliphatic carbocycles. The molecule has 1 heterocycles. The molecule has 5 nitrogen and oxygen atoms in total. The highest BCUT2D eigenvalue weighted by Gasteiger charge is 2.38. The van der Waals surface area contributed by atoms with E-state index in [1.807, 2.05) is 12.1 Å². The molecule has 0 saturated heterocycles. The first kappa shape index (κ1) is 21.5. The number of fused-ring (bicyclic) bond motifs is 3. The van der Waals surface area contributed by atoms with Gasteiger partial charge in [-0.05, 0) is 65.9 Å². The van der Waals surface area contributed by atoms with Crippen molar-refractivity contribution < 1.29 is 19.1 Å². The zero-order valence-corrected chi connectivity index (χ0v) is 19.5. The predicted octanol–water partition coefficient (Wildman–Crippen LogP) is 6.28. The van der Waals surface area contributed by atoms with Crippen molar-refractivity contribution in [3.8, 4) is 5.75 Å². The normalized spacial score (nSPS) is 20.4. The summed E-state index contributed by atoms with van der Waals surface area (Å²) in [5.74, 6) is -0.303. The Bertz CT molecular complexity index is 1250. The minimum Gasteiger partial charge on any atom is -0.465 e. The van der Waals surface area contributed by atoms with Gasteiger partial charge in [0.15, 0.2) is 0 Å². The van der Waals surface area contributed by atoms with Crippen LogP contribution in [0.1, 0.15) is 50.2 Å². The maximum Gasteiger partial charge on any atom is 0.343 e. The summed E-state index contributed by atoms with van der Waals surface area (Å²) in [6.45, 7) is 0. The summed E-state index contributed by atoms with van der Waals surface area (Å²) < 4.78 is 11.4. The summed E-state index contributed by atoms with van der Waals surface area (Å²) in [4.78, 5) is 25.0. The maximum atomic E-state index is 13.0. The number of para-hydroxylation sites is 1. The number of carbonyl (C=O) groups excluding carboxylic acids is 2. The largest absolute Gasteiger partial charge is 0.465 e. The van der Waals surface area contributed by atoms with E-state index in [1.165, 1.54) is 12.7 Å². The van der Waals surface area contributed by atoms with Crippen LogP contribution in [0.2, 0.25) is 0 Å². The van der Waals surface area contributed by atoms with Gasteiger partial charge in [-0.3, -0.25) is 0 Å². The van der Waals surface area contributed by atoms with E-state index in [2.05, 4.69) is 57.7 Å². The summed E-state index contributed by atoms with van der Waals surface area (Å²) >= 11 is 3.51. The van der Waals surface area contributed by atoms with E-state index in [0.29, 0.717) is 11.5 Å². The lowest BCUT2D eigenvalue weighted by atomic mass is 9.76. The molecule has 1 N–H and O–H groups in total. The molecular weight excluding hydrogens is 482 g/mol. The van der Waals surface area contributed by atoms with Crippen LogP contribution in [0, 0.1) is 5.92 Å². The molecule has 6 heteroatoms. The minimum absolute atomic E-state index is 0.180. The average Bonchev–Trinajstić information content (AvgIpc) is 3.34. The molecular formula is C27H22BrNO4. The Labute approximate surface area is 200 Å². The third kappa shape index (κ3) is 4.07. The zero-order chi connectivity index (χ0) is 22.9. The van der Waals surface area contributed by atoms with Crippen molar-refractivity contribution in [1.82, 2.24) is 0 Å². The van der Waals surface area contributed by atoms with Crippen molar-refractivity contribution >= 4 is 33.6 Å². The molecule has 3 aromatic rings. The highest BCUT2D eigenvalue weighted by atomic mass is 79.9. The van der Waals surface area contributed by atoms with Crippen LogP contribution in [0.4, 0.5) is 5.69 Å². The molecule has 0 spiro atoms. The first-order valence-electron chi connectivity index (χ1n) is 10.8. The summed E-state index contributed by atoms with van der Waals surface area (Å²) in [5.41, 5.74) is 3.99. The third-order valence-electron chi connectivity index (χ3n) is 6.32. The SMILES string of the molecule is COC(=O)c1ccccc1OC(=O)c1ccc2c(c1)[C@H]1C=CC[C@H]1[C@H](c1ccc(Br)cc1)N2. The van der Waals surface area contributed by atoms with Gasteiger partial charge in [-0.1, -0.05) is 52.3 Å². The lowest BCUT2D eigenvalue weighted by Crippen LogP contribution is -2.29. The van der Waals surface area contributed by atoms with Crippen molar-refractivity contribution in [1.29, 1.82) is 0 Å². The van der Waals surface area contributed by atoms with Gasteiger partial charge in [-0.2, -0.15) is 0 Å². The number of hydrogen-bond donors (Lipinski definition) is 1. The van der Waals surface area contributed by atoms with E-state index in [0.717, 1.165) is 22.1 Å². The molecule has 0 fully saturated rings. The highest BCUT2D eigenvalue weighted by Crippen LogP contribution is 2.50. The van der Waals surface area contributed by atoms with Gasteiger partial charge in [0, 0.05) is 16.1 Å². The maximum absolute atomic E-state index is 13.0. The number of ether oxygens (including phenoxy) is 2. The van der Waals surface area contributed by atoms with Gasteiger partial charge < -0.3 is 14.8 Å².